The Morgan fingerprint density at radius 2 is 2.17 bits per heavy atom. The Morgan fingerprint density at radius 1 is 1.28 bits per heavy atom. The normalized spacial score (nSPS) is 39.1. The predicted octanol–water partition coefficient (Wildman–Crippen LogP) is 2.06. The monoisotopic (exact) mass is 254 g/mol. The summed E-state index contributed by atoms with van der Waals surface area (Å²) in [6.45, 7) is 4.45. The lowest BCUT2D eigenvalue weighted by Crippen LogP contribution is -2.34. The van der Waals surface area contributed by atoms with Gasteiger partial charge in [-0.05, 0) is 19.4 Å². The van der Waals surface area contributed by atoms with Crippen molar-refractivity contribution in [1.82, 2.24) is 0 Å². The van der Waals surface area contributed by atoms with Gasteiger partial charge in [-0.25, -0.2) is 0 Å². The first-order valence-electron chi connectivity index (χ1n) is 6.37. The number of furan rings is 1. The molecule has 1 unspecified atom stereocenters. The summed E-state index contributed by atoms with van der Waals surface area (Å²) in [6.07, 6.45) is 3.50. The number of ether oxygens (including phenoxy) is 4. The van der Waals surface area contributed by atoms with Crippen LogP contribution in [-0.2, 0) is 25.6 Å². The molecule has 100 valence electrons. The van der Waals surface area contributed by atoms with Crippen LogP contribution in [0.5, 0.6) is 0 Å². The third-order valence-electron chi connectivity index (χ3n) is 3.37. The van der Waals surface area contributed by atoms with Crippen molar-refractivity contribution in [2.45, 2.75) is 57.8 Å². The van der Waals surface area contributed by atoms with Crippen LogP contribution in [0.25, 0.3) is 0 Å². The van der Waals surface area contributed by atoms with E-state index in [1.165, 1.54) is 0 Å². The molecule has 2 aliphatic heterocycles. The van der Waals surface area contributed by atoms with Gasteiger partial charge in [0.1, 0.15) is 12.2 Å². The quantitative estimate of drug-likeness (QED) is 0.823. The molecule has 0 aromatic carbocycles. The summed E-state index contributed by atoms with van der Waals surface area (Å²) in [5.41, 5.74) is 1.01. The Morgan fingerprint density at radius 3 is 2.89 bits per heavy atom. The van der Waals surface area contributed by atoms with Crippen LogP contribution in [0.15, 0.2) is 23.0 Å². The van der Waals surface area contributed by atoms with Gasteiger partial charge in [0.05, 0.1) is 25.2 Å². The van der Waals surface area contributed by atoms with E-state index in [1.54, 1.807) is 12.5 Å². The smallest absolute Gasteiger partial charge is 0.189 e. The molecular weight excluding hydrogens is 236 g/mol. The van der Waals surface area contributed by atoms with Gasteiger partial charge < -0.3 is 23.4 Å². The van der Waals surface area contributed by atoms with Gasteiger partial charge in [0, 0.05) is 5.56 Å². The van der Waals surface area contributed by atoms with Crippen molar-refractivity contribution in [1.29, 1.82) is 0 Å². The largest absolute Gasteiger partial charge is 0.472 e. The Labute approximate surface area is 106 Å². The van der Waals surface area contributed by atoms with Crippen LogP contribution in [0, 0.1) is 0 Å². The lowest BCUT2D eigenvalue weighted by molar-refractivity contribution is -0.168. The fourth-order valence-corrected chi connectivity index (χ4v) is 2.48. The van der Waals surface area contributed by atoms with Gasteiger partial charge in [-0.2, -0.15) is 0 Å². The molecular formula is C13H18O5. The molecule has 2 aliphatic rings. The van der Waals surface area contributed by atoms with E-state index >= 15 is 0 Å². The molecule has 2 saturated heterocycles. The standard InChI is InChI=1S/C13H18O5/c1-3-10-11(15-7-9-4-5-14-6-9)12-13(18-10)17-8(2)16-12/h4-6,8,10-13H,3,7H2,1-2H3/t8?,10-,11+,12-,13+/m1/s1. The van der Waals surface area contributed by atoms with Gasteiger partial charge in [-0.1, -0.05) is 6.92 Å². The summed E-state index contributed by atoms with van der Waals surface area (Å²) < 4.78 is 28.0. The zero-order chi connectivity index (χ0) is 12.5. The van der Waals surface area contributed by atoms with E-state index < -0.39 is 0 Å². The van der Waals surface area contributed by atoms with E-state index in [4.69, 9.17) is 23.4 Å². The van der Waals surface area contributed by atoms with Crippen molar-refractivity contribution in [3.8, 4) is 0 Å². The lowest BCUT2D eigenvalue weighted by atomic mass is 10.1. The topological polar surface area (TPSA) is 50.1 Å². The zero-order valence-corrected chi connectivity index (χ0v) is 10.6. The van der Waals surface area contributed by atoms with Crippen LogP contribution in [0.4, 0.5) is 0 Å². The molecule has 1 aromatic rings. The van der Waals surface area contributed by atoms with Crippen molar-refractivity contribution in [2.75, 3.05) is 0 Å². The molecule has 0 radical (unpaired) electrons. The molecule has 0 saturated carbocycles. The van der Waals surface area contributed by atoms with E-state index in [9.17, 15) is 0 Å². The van der Waals surface area contributed by atoms with Gasteiger partial charge in [0.2, 0.25) is 0 Å². The van der Waals surface area contributed by atoms with E-state index in [0.29, 0.717) is 6.61 Å². The lowest BCUT2D eigenvalue weighted by Gasteiger charge is -2.21. The molecule has 3 heterocycles. The minimum Gasteiger partial charge on any atom is -0.472 e. The van der Waals surface area contributed by atoms with Gasteiger partial charge in [-0.15, -0.1) is 0 Å². The maximum Gasteiger partial charge on any atom is 0.189 e. The van der Waals surface area contributed by atoms with E-state index in [1.807, 2.05) is 13.0 Å². The SMILES string of the molecule is CC[C@H]1O[C@@H]2OC(C)O[C@@H]2[C@H]1OCc1ccoc1. The Bertz CT molecular complexity index is 377. The van der Waals surface area contributed by atoms with E-state index in [2.05, 4.69) is 6.92 Å². The first kappa shape index (κ1) is 12.2. The summed E-state index contributed by atoms with van der Waals surface area (Å²) in [5.74, 6) is 0. The highest BCUT2D eigenvalue weighted by atomic mass is 16.8. The molecule has 0 aliphatic carbocycles. The minimum atomic E-state index is -0.292. The van der Waals surface area contributed by atoms with E-state index in [-0.39, 0.29) is 30.9 Å². The predicted molar refractivity (Wildman–Crippen MR) is 61.7 cm³/mol. The zero-order valence-electron chi connectivity index (χ0n) is 10.6. The van der Waals surface area contributed by atoms with Crippen molar-refractivity contribution in [2.24, 2.45) is 0 Å². The highest BCUT2D eigenvalue weighted by Gasteiger charge is 2.51. The fourth-order valence-electron chi connectivity index (χ4n) is 2.48. The summed E-state index contributed by atoms with van der Waals surface area (Å²) in [7, 11) is 0. The molecule has 1 aromatic heterocycles. The molecule has 5 atom stereocenters. The minimum absolute atomic E-state index is 0.0272. The molecule has 0 N–H and O–H groups in total. The van der Waals surface area contributed by atoms with Crippen molar-refractivity contribution in [3.05, 3.63) is 24.2 Å². The van der Waals surface area contributed by atoms with Crippen LogP contribution in [0.2, 0.25) is 0 Å². The van der Waals surface area contributed by atoms with Gasteiger partial charge in [-0.3, -0.25) is 0 Å². The summed E-state index contributed by atoms with van der Waals surface area (Å²) in [5, 5.41) is 0. The average molecular weight is 254 g/mol. The Hall–Kier alpha value is -0.880. The second-order valence-corrected chi connectivity index (χ2v) is 4.66. The summed E-state index contributed by atoms with van der Waals surface area (Å²) in [6, 6.07) is 1.89. The Kier molecular flexibility index (Phi) is 3.39. The van der Waals surface area contributed by atoms with Crippen LogP contribution in [0.1, 0.15) is 25.8 Å². The van der Waals surface area contributed by atoms with Crippen LogP contribution >= 0.6 is 0 Å². The molecule has 0 bridgehead atoms. The van der Waals surface area contributed by atoms with Gasteiger partial charge >= 0.3 is 0 Å². The average Bonchev–Trinajstić information content (AvgIpc) is 3.02. The van der Waals surface area contributed by atoms with Crippen molar-refractivity contribution in [3.63, 3.8) is 0 Å². The van der Waals surface area contributed by atoms with Crippen LogP contribution in [0.3, 0.4) is 0 Å². The number of rotatable bonds is 4. The third-order valence-corrected chi connectivity index (χ3v) is 3.37. The first-order valence-corrected chi connectivity index (χ1v) is 6.37. The molecule has 18 heavy (non-hydrogen) atoms. The molecule has 2 fully saturated rings. The molecule has 5 heteroatoms. The first-order chi connectivity index (χ1) is 8.78. The number of hydrogen-bond acceptors (Lipinski definition) is 5. The molecule has 3 rings (SSSR count). The second kappa shape index (κ2) is 5.01. The molecule has 5 nitrogen and oxygen atoms in total. The van der Waals surface area contributed by atoms with Crippen LogP contribution in [-0.4, -0.2) is 30.9 Å². The number of fused-ring (bicyclic) bond motifs is 1. The highest BCUT2D eigenvalue weighted by Crippen LogP contribution is 2.35. The third kappa shape index (κ3) is 2.19. The number of hydrogen-bond donors (Lipinski definition) is 0. The fraction of sp³-hybridized carbons (Fsp3) is 0.692. The van der Waals surface area contributed by atoms with Crippen molar-refractivity contribution < 1.29 is 23.4 Å². The maximum absolute atomic E-state index is 5.92. The second-order valence-electron chi connectivity index (χ2n) is 4.66. The highest BCUT2D eigenvalue weighted by molar-refractivity contribution is 5.03. The molecule has 0 spiro atoms. The molecule has 0 amide bonds. The van der Waals surface area contributed by atoms with Gasteiger partial charge in [0.25, 0.3) is 0 Å². The maximum atomic E-state index is 5.92. The summed E-state index contributed by atoms with van der Waals surface area (Å²) in [4.78, 5) is 0. The summed E-state index contributed by atoms with van der Waals surface area (Å²) >= 11 is 0. The van der Waals surface area contributed by atoms with Gasteiger partial charge in [0.15, 0.2) is 12.6 Å². The van der Waals surface area contributed by atoms with Crippen molar-refractivity contribution >= 4 is 0 Å². The Balaban J connectivity index is 1.64. The van der Waals surface area contributed by atoms with E-state index in [0.717, 1.165) is 12.0 Å². The van der Waals surface area contributed by atoms with Crippen LogP contribution < -0.4 is 0 Å².